The molecule has 3 heteroatoms. The standard InChI is InChI=1S/C14H22FNO/c1-14(12-17,13-8-4-2-5-9-13)16-11-7-3-6-10-15/h2,4-5,8-9,16-17H,3,6-7,10-12H2,1H3. The second-order valence-electron chi connectivity index (χ2n) is 4.53. The van der Waals surface area contributed by atoms with Crippen LogP contribution in [0.15, 0.2) is 30.3 Å². The predicted octanol–water partition coefficient (Wildman–Crippen LogP) is 2.62. The lowest BCUT2D eigenvalue weighted by atomic mass is 9.93. The van der Waals surface area contributed by atoms with Crippen molar-refractivity contribution in [2.75, 3.05) is 19.8 Å². The zero-order chi connectivity index (χ0) is 12.6. The minimum Gasteiger partial charge on any atom is -0.394 e. The van der Waals surface area contributed by atoms with Gasteiger partial charge in [0.1, 0.15) is 0 Å². The van der Waals surface area contributed by atoms with Crippen molar-refractivity contribution in [1.29, 1.82) is 0 Å². The zero-order valence-electron chi connectivity index (χ0n) is 10.5. The fourth-order valence-corrected chi connectivity index (χ4v) is 1.82. The third kappa shape index (κ3) is 4.44. The summed E-state index contributed by atoms with van der Waals surface area (Å²) in [6.07, 6.45) is 2.45. The van der Waals surface area contributed by atoms with Gasteiger partial charge < -0.3 is 10.4 Å². The molecule has 0 spiro atoms. The van der Waals surface area contributed by atoms with E-state index in [1.807, 2.05) is 37.3 Å². The molecule has 0 aliphatic carbocycles. The maximum Gasteiger partial charge on any atom is 0.0894 e. The van der Waals surface area contributed by atoms with Gasteiger partial charge in [0, 0.05) is 0 Å². The first-order valence-electron chi connectivity index (χ1n) is 6.20. The maximum atomic E-state index is 11.9. The van der Waals surface area contributed by atoms with Gasteiger partial charge in [-0.25, -0.2) is 0 Å². The van der Waals surface area contributed by atoms with Gasteiger partial charge in [-0.2, -0.15) is 0 Å². The Bertz CT molecular complexity index is 304. The Morgan fingerprint density at radius 2 is 1.88 bits per heavy atom. The van der Waals surface area contributed by atoms with E-state index in [1.165, 1.54) is 0 Å². The average Bonchev–Trinajstić information content (AvgIpc) is 2.39. The second-order valence-corrected chi connectivity index (χ2v) is 4.53. The van der Waals surface area contributed by atoms with Crippen molar-refractivity contribution in [2.24, 2.45) is 0 Å². The summed E-state index contributed by atoms with van der Waals surface area (Å²) in [5.41, 5.74) is 0.671. The molecule has 0 radical (unpaired) electrons. The first kappa shape index (κ1) is 14.1. The normalized spacial score (nSPS) is 14.5. The number of alkyl halides is 1. The van der Waals surface area contributed by atoms with Gasteiger partial charge in [0.05, 0.1) is 18.8 Å². The van der Waals surface area contributed by atoms with E-state index in [-0.39, 0.29) is 13.3 Å². The monoisotopic (exact) mass is 239 g/mol. The largest absolute Gasteiger partial charge is 0.394 e. The molecule has 1 aromatic carbocycles. The molecule has 0 bridgehead atoms. The molecule has 96 valence electrons. The highest BCUT2D eigenvalue weighted by Crippen LogP contribution is 2.19. The van der Waals surface area contributed by atoms with Crippen LogP contribution in [0, 0.1) is 0 Å². The van der Waals surface area contributed by atoms with Crippen LogP contribution < -0.4 is 5.32 Å². The second kappa shape index (κ2) is 7.41. The van der Waals surface area contributed by atoms with Crippen molar-refractivity contribution in [3.05, 3.63) is 35.9 Å². The molecule has 0 aromatic heterocycles. The molecule has 2 nitrogen and oxygen atoms in total. The van der Waals surface area contributed by atoms with Gasteiger partial charge in [0.25, 0.3) is 0 Å². The van der Waals surface area contributed by atoms with Gasteiger partial charge in [-0.1, -0.05) is 30.3 Å². The molecular weight excluding hydrogens is 217 g/mol. The molecule has 1 unspecified atom stereocenters. The molecule has 0 fully saturated rings. The molecular formula is C14H22FNO. The summed E-state index contributed by atoms with van der Waals surface area (Å²) in [5.74, 6) is 0. The molecule has 0 saturated heterocycles. The summed E-state index contributed by atoms with van der Waals surface area (Å²) < 4.78 is 11.9. The summed E-state index contributed by atoms with van der Waals surface area (Å²) in [7, 11) is 0. The molecule has 1 atom stereocenters. The third-order valence-electron chi connectivity index (χ3n) is 3.05. The van der Waals surface area contributed by atoms with Crippen LogP contribution in [0.2, 0.25) is 0 Å². The van der Waals surface area contributed by atoms with Crippen molar-refractivity contribution in [1.82, 2.24) is 5.32 Å². The number of hydrogen-bond donors (Lipinski definition) is 2. The first-order valence-corrected chi connectivity index (χ1v) is 6.20. The van der Waals surface area contributed by atoms with Gasteiger partial charge in [-0.05, 0) is 38.3 Å². The molecule has 1 aromatic rings. The van der Waals surface area contributed by atoms with Gasteiger partial charge in [0.2, 0.25) is 0 Å². The highest BCUT2D eigenvalue weighted by molar-refractivity contribution is 5.23. The van der Waals surface area contributed by atoms with E-state index in [2.05, 4.69) is 5.32 Å². The molecule has 0 aliphatic rings. The summed E-state index contributed by atoms with van der Waals surface area (Å²) in [6, 6.07) is 9.90. The third-order valence-corrected chi connectivity index (χ3v) is 3.05. The quantitative estimate of drug-likeness (QED) is 0.683. The van der Waals surface area contributed by atoms with E-state index in [1.54, 1.807) is 0 Å². The first-order chi connectivity index (χ1) is 8.23. The van der Waals surface area contributed by atoms with Crippen molar-refractivity contribution in [3.8, 4) is 0 Å². The SMILES string of the molecule is CC(CO)(NCCCCCF)c1ccccc1. The van der Waals surface area contributed by atoms with Crippen LogP contribution in [0.5, 0.6) is 0 Å². The smallest absolute Gasteiger partial charge is 0.0894 e. The Labute approximate surface area is 103 Å². The van der Waals surface area contributed by atoms with Gasteiger partial charge in [0.15, 0.2) is 0 Å². The molecule has 0 aliphatic heterocycles. The Morgan fingerprint density at radius 3 is 2.47 bits per heavy atom. The van der Waals surface area contributed by atoms with E-state index in [0.717, 1.165) is 24.9 Å². The fraction of sp³-hybridized carbons (Fsp3) is 0.571. The maximum absolute atomic E-state index is 11.9. The van der Waals surface area contributed by atoms with Crippen molar-refractivity contribution in [3.63, 3.8) is 0 Å². The molecule has 0 amide bonds. The van der Waals surface area contributed by atoms with Crippen LogP contribution in [-0.4, -0.2) is 24.9 Å². The summed E-state index contributed by atoms with van der Waals surface area (Å²) in [4.78, 5) is 0. The van der Waals surface area contributed by atoms with E-state index in [4.69, 9.17) is 0 Å². The molecule has 0 heterocycles. The molecule has 17 heavy (non-hydrogen) atoms. The summed E-state index contributed by atoms with van der Waals surface area (Å²) in [6.45, 7) is 2.60. The van der Waals surface area contributed by atoms with Crippen LogP contribution in [0.25, 0.3) is 0 Å². The number of benzene rings is 1. The minimum absolute atomic E-state index is 0.0557. The fourth-order valence-electron chi connectivity index (χ4n) is 1.82. The number of halogens is 1. The summed E-state index contributed by atoms with van der Waals surface area (Å²) in [5, 5.41) is 12.9. The van der Waals surface area contributed by atoms with Crippen LogP contribution >= 0.6 is 0 Å². The summed E-state index contributed by atoms with van der Waals surface area (Å²) >= 11 is 0. The number of nitrogens with one attached hydrogen (secondary N) is 1. The Balaban J connectivity index is 2.46. The lowest BCUT2D eigenvalue weighted by molar-refractivity contribution is 0.174. The molecule has 0 saturated carbocycles. The lowest BCUT2D eigenvalue weighted by Gasteiger charge is -2.29. The Hall–Kier alpha value is -0.930. The highest BCUT2D eigenvalue weighted by atomic mass is 19.1. The lowest BCUT2D eigenvalue weighted by Crippen LogP contribution is -2.43. The number of aliphatic hydroxyl groups excluding tert-OH is 1. The average molecular weight is 239 g/mol. The highest BCUT2D eigenvalue weighted by Gasteiger charge is 2.24. The van der Waals surface area contributed by atoms with E-state index in [9.17, 15) is 9.50 Å². The van der Waals surface area contributed by atoms with Crippen LogP contribution in [-0.2, 0) is 5.54 Å². The molecule has 1 rings (SSSR count). The van der Waals surface area contributed by atoms with E-state index < -0.39 is 5.54 Å². The Morgan fingerprint density at radius 1 is 1.18 bits per heavy atom. The van der Waals surface area contributed by atoms with Crippen LogP contribution in [0.1, 0.15) is 31.7 Å². The van der Waals surface area contributed by atoms with E-state index >= 15 is 0 Å². The minimum atomic E-state index is -0.406. The number of aliphatic hydroxyl groups is 1. The number of unbranched alkanes of at least 4 members (excludes halogenated alkanes) is 2. The van der Waals surface area contributed by atoms with Gasteiger partial charge in [-0.3, -0.25) is 4.39 Å². The van der Waals surface area contributed by atoms with E-state index in [0.29, 0.717) is 6.42 Å². The van der Waals surface area contributed by atoms with Crippen molar-refractivity contribution < 1.29 is 9.50 Å². The Kier molecular flexibility index (Phi) is 6.16. The van der Waals surface area contributed by atoms with Crippen molar-refractivity contribution >= 4 is 0 Å². The van der Waals surface area contributed by atoms with Gasteiger partial charge in [-0.15, -0.1) is 0 Å². The van der Waals surface area contributed by atoms with Crippen LogP contribution in [0.4, 0.5) is 4.39 Å². The molecule has 2 N–H and O–H groups in total. The topological polar surface area (TPSA) is 32.3 Å². The van der Waals surface area contributed by atoms with Crippen LogP contribution in [0.3, 0.4) is 0 Å². The zero-order valence-corrected chi connectivity index (χ0v) is 10.5. The van der Waals surface area contributed by atoms with Crippen molar-refractivity contribution in [2.45, 2.75) is 31.7 Å². The number of hydrogen-bond acceptors (Lipinski definition) is 2. The predicted molar refractivity (Wildman–Crippen MR) is 68.7 cm³/mol. The number of rotatable bonds is 8. The van der Waals surface area contributed by atoms with Gasteiger partial charge >= 0.3 is 0 Å².